The van der Waals surface area contributed by atoms with Crippen LogP contribution in [0, 0.1) is 5.82 Å². The normalized spacial score (nSPS) is 12.5. The average molecular weight is 407 g/mol. The highest BCUT2D eigenvalue weighted by Gasteiger charge is 2.23. The van der Waals surface area contributed by atoms with E-state index in [0.717, 1.165) is 17.0 Å². The molecule has 0 saturated carbocycles. The van der Waals surface area contributed by atoms with E-state index in [1.165, 1.54) is 6.07 Å². The second-order valence-electron chi connectivity index (χ2n) is 6.36. The number of aromatic amines is 1. The summed E-state index contributed by atoms with van der Waals surface area (Å²) in [7, 11) is 0. The zero-order valence-electron chi connectivity index (χ0n) is 14.7. The van der Waals surface area contributed by atoms with Crippen molar-refractivity contribution in [3.63, 3.8) is 0 Å². The summed E-state index contributed by atoms with van der Waals surface area (Å²) in [4.78, 5) is 9.81. The number of benzene rings is 2. The molecule has 142 valence electrons. The standard InChI is InChI=1S/C20H21Cl2FN4/c21-16-8-15(9-17(22)12-16)11-19(20-25-5-6-26-20)27(7-4-24)13-14-2-1-3-18(23)10-14/h1-3,5-6,8-10,12,19H,4,7,11,13,24H2,(H,25,26). The number of rotatable bonds is 8. The number of hydrogen-bond acceptors (Lipinski definition) is 3. The van der Waals surface area contributed by atoms with Gasteiger partial charge in [0.05, 0.1) is 6.04 Å². The smallest absolute Gasteiger partial charge is 0.123 e. The van der Waals surface area contributed by atoms with Gasteiger partial charge in [-0.3, -0.25) is 4.90 Å². The van der Waals surface area contributed by atoms with Gasteiger partial charge < -0.3 is 10.7 Å². The maximum absolute atomic E-state index is 13.6. The first kappa shape index (κ1) is 19.8. The largest absolute Gasteiger partial charge is 0.347 e. The van der Waals surface area contributed by atoms with Gasteiger partial charge in [-0.25, -0.2) is 9.37 Å². The van der Waals surface area contributed by atoms with Gasteiger partial charge in [0.1, 0.15) is 11.6 Å². The van der Waals surface area contributed by atoms with Crippen molar-refractivity contribution in [1.82, 2.24) is 14.9 Å². The fourth-order valence-corrected chi connectivity index (χ4v) is 3.76. The van der Waals surface area contributed by atoms with Crippen LogP contribution in [0.5, 0.6) is 0 Å². The molecule has 0 bridgehead atoms. The predicted octanol–water partition coefficient (Wildman–Crippen LogP) is 4.60. The zero-order valence-corrected chi connectivity index (χ0v) is 16.2. The van der Waals surface area contributed by atoms with Gasteiger partial charge in [0.15, 0.2) is 0 Å². The maximum Gasteiger partial charge on any atom is 0.123 e. The quantitative estimate of drug-likeness (QED) is 0.574. The summed E-state index contributed by atoms with van der Waals surface area (Å²) in [6.45, 7) is 1.66. The molecule has 4 nitrogen and oxygen atoms in total. The van der Waals surface area contributed by atoms with Crippen LogP contribution in [0.15, 0.2) is 54.9 Å². The number of H-pyrrole nitrogens is 1. The molecule has 0 amide bonds. The summed E-state index contributed by atoms with van der Waals surface area (Å²) in [5.41, 5.74) is 7.73. The van der Waals surface area contributed by atoms with Gasteiger partial charge in [0.2, 0.25) is 0 Å². The Bertz CT molecular complexity index is 850. The first-order chi connectivity index (χ1) is 13.0. The molecule has 1 aromatic heterocycles. The van der Waals surface area contributed by atoms with Crippen molar-refractivity contribution in [2.24, 2.45) is 5.73 Å². The van der Waals surface area contributed by atoms with Gasteiger partial charge >= 0.3 is 0 Å². The molecule has 1 heterocycles. The Labute approximate surface area is 168 Å². The van der Waals surface area contributed by atoms with Crippen LogP contribution in [-0.4, -0.2) is 28.0 Å². The van der Waals surface area contributed by atoms with Crippen molar-refractivity contribution in [3.8, 4) is 0 Å². The van der Waals surface area contributed by atoms with Crippen molar-refractivity contribution in [1.29, 1.82) is 0 Å². The minimum atomic E-state index is -0.253. The minimum absolute atomic E-state index is 0.0821. The summed E-state index contributed by atoms with van der Waals surface area (Å²) < 4.78 is 13.6. The maximum atomic E-state index is 13.6. The predicted molar refractivity (Wildman–Crippen MR) is 107 cm³/mol. The Hall–Kier alpha value is -1.92. The van der Waals surface area contributed by atoms with Crippen LogP contribution >= 0.6 is 23.2 Å². The molecule has 0 spiro atoms. The van der Waals surface area contributed by atoms with E-state index in [1.807, 2.05) is 18.2 Å². The van der Waals surface area contributed by atoms with E-state index >= 15 is 0 Å². The van der Waals surface area contributed by atoms with E-state index in [-0.39, 0.29) is 11.9 Å². The zero-order chi connectivity index (χ0) is 19.2. The lowest BCUT2D eigenvalue weighted by atomic mass is 10.0. The lowest BCUT2D eigenvalue weighted by Gasteiger charge is -2.30. The third-order valence-electron chi connectivity index (χ3n) is 4.32. The van der Waals surface area contributed by atoms with Gasteiger partial charge in [-0.05, 0) is 47.9 Å². The van der Waals surface area contributed by atoms with Crippen LogP contribution in [-0.2, 0) is 13.0 Å². The fraction of sp³-hybridized carbons (Fsp3) is 0.250. The molecule has 0 aliphatic rings. The lowest BCUT2D eigenvalue weighted by Crippen LogP contribution is -2.35. The van der Waals surface area contributed by atoms with Crippen LogP contribution < -0.4 is 5.73 Å². The molecule has 0 fully saturated rings. The molecule has 3 N–H and O–H groups in total. The summed E-state index contributed by atoms with van der Waals surface area (Å²) in [5.74, 6) is 0.562. The highest BCUT2D eigenvalue weighted by Crippen LogP contribution is 2.27. The van der Waals surface area contributed by atoms with Gasteiger partial charge in [-0.15, -0.1) is 0 Å². The van der Waals surface area contributed by atoms with Crippen LogP contribution in [0.1, 0.15) is 23.0 Å². The molecule has 1 atom stereocenters. The fourth-order valence-electron chi connectivity index (χ4n) is 3.19. The molecule has 2 aromatic carbocycles. The number of aromatic nitrogens is 2. The first-order valence-corrected chi connectivity index (χ1v) is 9.43. The molecule has 0 aliphatic carbocycles. The molecule has 27 heavy (non-hydrogen) atoms. The second kappa shape index (κ2) is 9.33. The molecule has 0 aliphatic heterocycles. The Kier molecular flexibility index (Phi) is 6.85. The number of nitrogens with one attached hydrogen (secondary N) is 1. The van der Waals surface area contributed by atoms with E-state index in [1.54, 1.807) is 30.6 Å². The van der Waals surface area contributed by atoms with E-state index in [9.17, 15) is 4.39 Å². The average Bonchev–Trinajstić information content (AvgIpc) is 3.13. The number of nitrogens with zero attached hydrogens (tertiary/aromatic N) is 2. The SMILES string of the molecule is NCCN(Cc1cccc(F)c1)C(Cc1cc(Cl)cc(Cl)c1)c1ncc[nH]1. The van der Waals surface area contributed by atoms with Gasteiger partial charge in [0.25, 0.3) is 0 Å². The molecular weight excluding hydrogens is 386 g/mol. The summed E-state index contributed by atoms with van der Waals surface area (Å²) in [6, 6.07) is 12.0. The number of halogens is 3. The minimum Gasteiger partial charge on any atom is -0.347 e. The Balaban J connectivity index is 1.91. The highest BCUT2D eigenvalue weighted by atomic mass is 35.5. The molecule has 0 radical (unpaired) electrons. The van der Waals surface area contributed by atoms with Crippen molar-refractivity contribution in [2.75, 3.05) is 13.1 Å². The Morgan fingerprint density at radius 3 is 2.52 bits per heavy atom. The molecular formula is C20H21Cl2FN4. The molecule has 3 aromatic rings. The lowest BCUT2D eigenvalue weighted by molar-refractivity contribution is 0.185. The van der Waals surface area contributed by atoms with Crippen molar-refractivity contribution in [3.05, 3.63) is 87.7 Å². The molecule has 0 saturated heterocycles. The van der Waals surface area contributed by atoms with Crippen molar-refractivity contribution < 1.29 is 4.39 Å². The van der Waals surface area contributed by atoms with Gasteiger partial charge in [-0.2, -0.15) is 0 Å². The number of nitrogens with two attached hydrogens (primary N) is 1. The van der Waals surface area contributed by atoms with Crippen molar-refractivity contribution in [2.45, 2.75) is 19.0 Å². The van der Waals surface area contributed by atoms with Crippen LogP contribution in [0.4, 0.5) is 4.39 Å². The summed E-state index contributed by atoms with van der Waals surface area (Å²) in [5, 5.41) is 1.18. The number of hydrogen-bond donors (Lipinski definition) is 2. The van der Waals surface area contributed by atoms with E-state index in [4.69, 9.17) is 28.9 Å². The topological polar surface area (TPSA) is 57.9 Å². The molecule has 7 heteroatoms. The summed E-state index contributed by atoms with van der Waals surface area (Å²) in [6.07, 6.45) is 4.15. The summed E-state index contributed by atoms with van der Waals surface area (Å²) >= 11 is 12.3. The number of imidazole rings is 1. The first-order valence-electron chi connectivity index (χ1n) is 8.68. The third-order valence-corrected chi connectivity index (χ3v) is 4.75. The highest BCUT2D eigenvalue weighted by molar-refractivity contribution is 6.34. The van der Waals surface area contributed by atoms with Crippen LogP contribution in [0.3, 0.4) is 0 Å². The van der Waals surface area contributed by atoms with Crippen molar-refractivity contribution >= 4 is 23.2 Å². The second-order valence-corrected chi connectivity index (χ2v) is 7.23. The van der Waals surface area contributed by atoms with Crippen LogP contribution in [0.2, 0.25) is 10.0 Å². The molecule has 1 unspecified atom stereocenters. The Morgan fingerprint density at radius 1 is 1.11 bits per heavy atom. The van der Waals surface area contributed by atoms with Crippen LogP contribution in [0.25, 0.3) is 0 Å². The van der Waals surface area contributed by atoms with Gasteiger partial charge in [-0.1, -0.05) is 35.3 Å². The van der Waals surface area contributed by atoms with E-state index < -0.39 is 0 Å². The van der Waals surface area contributed by atoms with E-state index in [2.05, 4.69) is 14.9 Å². The third kappa shape index (κ3) is 5.53. The monoisotopic (exact) mass is 406 g/mol. The van der Waals surface area contributed by atoms with E-state index in [0.29, 0.717) is 36.1 Å². The Morgan fingerprint density at radius 2 is 1.89 bits per heavy atom. The molecule has 3 rings (SSSR count). The van der Waals surface area contributed by atoms with Gasteiger partial charge in [0, 0.05) is 42.1 Å².